The van der Waals surface area contributed by atoms with Crippen LogP contribution < -0.4 is 5.32 Å². The average Bonchev–Trinajstić information content (AvgIpc) is 2.79. The van der Waals surface area contributed by atoms with E-state index in [9.17, 15) is 18.0 Å². The number of aryl methyl sites for hydroxylation is 3. The van der Waals surface area contributed by atoms with Crippen molar-refractivity contribution in [2.24, 2.45) is 7.05 Å². The van der Waals surface area contributed by atoms with Gasteiger partial charge in [0.25, 0.3) is 5.91 Å². The van der Waals surface area contributed by atoms with E-state index in [1.807, 2.05) is 6.92 Å². The summed E-state index contributed by atoms with van der Waals surface area (Å²) < 4.78 is 38.9. The van der Waals surface area contributed by atoms with Crippen LogP contribution in [0.15, 0.2) is 0 Å². The molecule has 0 aliphatic rings. The van der Waals surface area contributed by atoms with Crippen molar-refractivity contribution in [2.75, 3.05) is 5.32 Å². The fraction of sp³-hybridized carbons (Fsp3) is 0.364. The Balaban J connectivity index is 2.34. The largest absolute Gasteiger partial charge is 0.436 e. The molecule has 5 nitrogen and oxygen atoms in total. The normalized spacial score (nSPS) is 11.8. The molecule has 0 fully saturated rings. The molecule has 10 heteroatoms. The Bertz CT molecular complexity index is 688. The monoisotopic (exact) mass is 338 g/mol. The molecule has 0 unspecified atom stereocenters. The molecule has 0 saturated carbocycles. The number of halogens is 4. The van der Waals surface area contributed by atoms with Crippen molar-refractivity contribution in [3.05, 3.63) is 27.0 Å². The van der Waals surface area contributed by atoms with Gasteiger partial charge in [-0.25, -0.2) is 4.98 Å². The van der Waals surface area contributed by atoms with Crippen LogP contribution in [0.25, 0.3) is 0 Å². The minimum atomic E-state index is -4.72. The second kappa shape index (κ2) is 5.30. The van der Waals surface area contributed by atoms with E-state index < -0.39 is 22.8 Å². The number of nitrogens with zero attached hydrogens (tertiary/aromatic N) is 3. The molecule has 21 heavy (non-hydrogen) atoms. The fourth-order valence-electron chi connectivity index (χ4n) is 1.61. The van der Waals surface area contributed by atoms with Crippen molar-refractivity contribution in [1.29, 1.82) is 0 Å². The lowest BCUT2D eigenvalue weighted by Crippen LogP contribution is -2.16. The van der Waals surface area contributed by atoms with Crippen molar-refractivity contribution < 1.29 is 18.0 Å². The first kappa shape index (κ1) is 15.8. The van der Waals surface area contributed by atoms with E-state index in [0.29, 0.717) is 5.13 Å². The van der Waals surface area contributed by atoms with Gasteiger partial charge in [-0.05, 0) is 13.8 Å². The molecule has 0 atom stereocenters. The summed E-state index contributed by atoms with van der Waals surface area (Å²) in [5.41, 5.74) is -0.916. The van der Waals surface area contributed by atoms with Gasteiger partial charge in [0.1, 0.15) is 10.7 Å². The van der Waals surface area contributed by atoms with E-state index in [2.05, 4.69) is 15.4 Å². The first-order valence-corrected chi connectivity index (χ1v) is 6.85. The second-order valence-electron chi connectivity index (χ2n) is 4.25. The number of anilines is 1. The van der Waals surface area contributed by atoms with Crippen molar-refractivity contribution in [1.82, 2.24) is 14.8 Å². The molecule has 0 saturated heterocycles. The summed E-state index contributed by atoms with van der Waals surface area (Å²) in [6.45, 7) is 3.59. The van der Waals surface area contributed by atoms with Gasteiger partial charge in [0.2, 0.25) is 0 Å². The number of nitrogens with one attached hydrogen (secondary N) is 1. The van der Waals surface area contributed by atoms with Gasteiger partial charge >= 0.3 is 6.18 Å². The molecule has 0 bridgehead atoms. The predicted molar refractivity (Wildman–Crippen MR) is 72.8 cm³/mol. The van der Waals surface area contributed by atoms with Crippen LogP contribution >= 0.6 is 22.9 Å². The average molecular weight is 339 g/mol. The molecule has 0 aliphatic carbocycles. The highest BCUT2D eigenvalue weighted by Crippen LogP contribution is 2.35. The quantitative estimate of drug-likeness (QED) is 0.912. The van der Waals surface area contributed by atoms with E-state index in [1.54, 1.807) is 6.92 Å². The van der Waals surface area contributed by atoms with Gasteiger partial charge in [0.05, 0.1) is 5.69 Å². The molecule has 114 valence electrons. The number of carbonyl (C=O) groups is 1. The van der Waals surface area contributed by atoms with Crippen LogP contribution in [0, 0.1) is 13.8 Å². The number of carbonyl (C=O) groups excluding carboxylic acids is 1. The van der Waals surface area contributed by atoms with Gasteiger partial charge < -0.3 is 0 Å². The molecule has 1 amide bonds. The van der Waals surface area contributed by atoms with Crippen molar-refractivity contribution in [3.63, 3.8) is 0 Å². The third-order valence-electron chi connectivity index (χ3n) is 2.72. The Morgan fingerprint density at radius 2 is 2.00 bits per heavy atom. The zero-order chi connectivity index (χ0) is 15.9. The van der Waals surface area contributed by atoms with E-state index in [1.165, 1.54) is 18.4 Å². The zero-order valence-corrected chi connectivity index (χ0v) is 12.7. The van der Waals surface area contributed by atoms with Crippen LogP contribution in [0.4, 0.5) is 18.3 Å². The maximum absolute atomic E-state index is 12.7. The molecule has 0 spiro atoms. The lowest BCUT2D eigenvalue weighted by molar-refractivity contribution is -0.141. The van der Waals surface area contributed by atoms with Crippen LogP contribution in [-0.2, 0) is 13.2 Å². The number of thiazole rings is 1. The summed E-state index contributed by atoms with van der Waals surface area (Å²) in [6.07, 6.45) is -4.72. The standard InChI is InChI=1S/C11H10ClF3N4OS/c1-4-5(2)21-10(16-4)17-9(20)7-6(12)8(11(13,14)15)18-19(7)3/h1-3H3,(H,16,17,20). The van der Waals surface area contributed by atoms with Gasteiger partial charge in [0.15, 0.2) is 10.8 Å². The number of aromatic nitrogens is 3. The number of hydrogen-bond acceptors (Lipinski definition) is 4. The molecule has 2 heterocycles. The van der Waals surface area contributed by atoms with Crippen molar-refractivity contribution in [3.8, 4) is 0 Å². The van der Waals surface area contributed by atoms with E-state index in [0.717, 1.165) is 15.3 Å². The predicted octanol–water partition coefficient (Wildman–Crippen LogP) is 3.42. The fourth-order valence-corrected chi connectivity index (χ4v) is 2.77. The first-order valence-electron chi connectivity index (χ1n) is 5.66. The summed E-state index contributed by atoms with van der Waals surface area (Å²) in [7, 11) is 1.22. The number of alkyl halides is 3. The summed E-state index contributed by atoms with van der Waals surface area (Å²) in [5, 5.41) is 5.23. The molecule has 0 aromatic carbocycles. The van der Waals surface area contributed by atoms with Crippen LogP contribution in [-0.4, -0.2) is 20.7 Å². The summed E-state index contributed by atoms with van der Waals surface area (Å²) in [6, 6.07) is 0. The molecule has 1 N–H and O–H groups in total. The number of amides is 1. The van der Waals surface area contributed by atoms with Crippen LogP contribution in [0.3, 0.4) is 0 Å². The summed E-state index contributed by atoms with van der Waals surface area (Å²) >= 11 is 6.85. The molecule has 2 aromatic rings. The zero-order valence-electron chi connectivity index (χ0n) is 11.2. The Morgan fingerprint density at radius 3 is 2.43 bits per heavy atom. The Kier molecular flexibility index (Phi) is 3.98. The SMILES string of the molecule is Cc1nc(NC(=O)c2c(Cl)c(C(F)(F)F)nn2C)sc1C. The highest BCUT2D eigenvalue weighted by atomic mass is 35.5. The van der Waals surface area contributed by atoms with Crippen LogP contribution in [0.2, 0.25) is 5.02 Å². The summed E-state index contributed by atoms with van der Waals surface area (Å²) in [5.74, 6) is -0.792. The molecule has 2 aromatic heterocycles. The lowest BCUT2D eigenvalue weighted by atomic mass is 10.3. The molecular formula is C11H10ClF3N4OS. The molecule has 0 radical (unpaired) electrons. The smallest absolute Gasteiger partial charge is 0.296 e. The van der Waals surface area contributed by atoms with Gasteiger partial charge in [-0.2, -0.15) is 18.3 Å². The van der Waals surface area contributed by atoms with Crippen molar-refractivity contribution >= 4 is 34.0 Å². The Morgan fingerprint density at radius 1 is 1.38 bits per heavy atom. The van der Waals surface area contributed by atoms with Crippen LogP contribution in [0.1, 0.15) is 26.8 Å². The van der Waals surface area contributed by atoms with E-state index in [4.69, 9.17) is 11.6 Å². The minimum absolute atomic E-state index is 0.292. The molecule has 2 rings (SSSR count). The molecular weight excluding hydrogens is 329 g/mol. The maximum Gasteiger partial charge on any atom is 0.436 e. The lowest BCUT2D eigenvalue weighted by Gasteiger charge is -2.03. The van der Waals surface area contributed by atoms with Gasteiger partial charge in [-0.15, -0.1) is 11.3 Å². The number of rotatable bonds is 2. The topological polar surface area (TPSA) is 59.8 Å². The first-order chi connectivity index (χ1) is 9.61. The minimum Gasteiger partial charge on any atom is -0.296 e. The van der Waals surface area contributed by atoms with Gasteiger partial charge in [0, 0.05) is 11.9 Å². The Labute approximate surface area is 126 Å². The van der Waals surface area contributed by atoms with Gasteiger partial charge in [-0.3, -0.25) is 14.8 Å². The highest BCUT2D eigenvalue weighted by molar-refractivity contribution is 7.15. The van der Waals surface area contributed by atoms with Crippen molar-refractivity contribution in [2.45, 2.75) is 20.0 Å². The van der Waals surface area contributed by atoms with E-state index in [-0.39, 0.29) is 5.69 Å². The maximum atomic E-state index is 12.7. The third kappa shape index (κ3) is 3.03. The Hall–Kier alpha value is -1.61. The summed E-state index contributed by atoms with van der Waals surface area (Å²) in [4.78, 5) is 17.0. The van der Waals surface area contributed by atoms with Gasteiger partial charge in [-0.1, -0.05) is 11.6 Å². The number of hydrogen-bond donors (Lipinski definition) is 1. The highest BCUT2D eigenvalue weighted by Gasteiger charge is 2.39. The molecule has 0 aliphatic heterocycles. The third-order valence-corrected chi connectivity index (χ3v) is 4.07. The van der Waals surface area contributed by atoms with E-state index >= 15 is 0 Å². The second-order valence-corrected chi connectivity index (χ2v) is 5.83. The van der Waals surface area contributed by atoms with Crippen LogP contribution in [0.5, 0.6) is 0 Å².